The molecule has 0 saturated heterocycles. The zero-order valence-electron chi connectivity index (χ0n) is 11.9. The summed E-state index contributed by atoms with van der Waals surface area (Å²) >= 11 is 0. The molecule has 4 nitrogen and oxygen atoms in total. The van der Waals surface area contributed by atoms with Crippen LogP contribution in [0.15, 0.2) is 63.8 Å². The predicted octanol–water partition coefficient (Wildman–Crippen LogP) is 3.28. The summed E-state index contributed by atoms with van der Waals surface area (Å²) in [5.74, 6) is -0.620. The summed E-state index contributed by atoms with van der Waals surface area (Å²) in [4.78, 5) is 11.8. The van der Waals surface area contributed by atoms with E-state index < -0.39 is 5.76 Å². The van der Waals surface area contributed by atoms with Crippen molar-refractivity contribution >= 4 is 0 Å². The average Bonchev–Trinajstić information content (AvgIpc) is 2.90. The minimum atomic E-state index is -0.493. The van der Waals surface area contributed by atoms with E-state index in [4.69, 9.17) is 4.42 Å². The Kier molecular flexibility index (Phi) is 4.14. The van der Waals surface area contributed by atoms with Gasteiger partial charge in [0.2, 0.25) is 5.89 Å². The van der Waals surface area contributed by atoms with Gasteiger partial charge in [-0.2, -0.15) is 4.68 Å². The van der Waals surface area contributed by atoms with E-state index in [0.717, 1.165) is 12.8 Å². The van der Waals surface area contributed by atoms with Crippen LogP contribution in [0.5, 0.6) is 0 Å². The van der Waals surface area contributed by atoms with Crippen molar-refractivity contribution in [3.63, 3.8) is 0 Å². The number of nitrogens with zero attached hydrogens (tertiary/aromatic N) is 2. The molecule has 3 aromatic rings. The highest BCUT2D eigenvalue weighted by Gasteiger charge is 2.10. The molecule has 0 fully saturated rings. The van der Waals surface area contributed by atoms with E-state index in [0.29, 0.717) is 12.1 Å². The Bertz CT molecular complexity index is 792. The van der Waals surface area contributed by atoms with Crippen LogP contribution in [0.3, 0.4) is 0 Å². The lowest BCUT2D eigenvalue weighted by Crippen LogP contribution is -2.16. The van der Waals surface area contributed by atoms with Crippen molar-refractivity contribution in [3.8, 4) is 11.5 Å². The van der Waals surface area contributed by atoms with Gasteiger partial charge in [0.1, 0.15) is 5.82 Å². The second kappa shape index (κ2) is 6.39. The molecule has 1 heterocycles. The zero-order valence-corrected chi connectivity index (χ0v) is 11.9. The molecule has 112 valence electrons. The normalized spacial score (nSPS) is 10.8. The Morgan fingerprint density at radius 3 is 2.50 bits per heavy atom. The summed E-state index contributed by atoms with van der Waals surface area (Å²) in [6, 6.07) is 15.7. The second-order valence-corrected chi connectivity index (χ2v) is 4.99. The van der Waals surface area contributed by atoms with Crippen molar-refractivity contribution in [2.45, 2.75) is 19.4 Å². The molecular weight excluding hydrogens is 283 g/mol. The number of aryl methyl sites for hydroxylation is 2. The number of hydrogen-bond acceptors (Lipinski definition) is 3. The first-order valence-electron chi connectivity index (χ1n) is 7.10. The molecule has 0 spiro atoms. The lowest BCUT2D eigenvalue weighted by Gasteiger charge is -2.00. The maximum absolute atomic E-state index is 12.9. The molecule has 0 aliphatic rings. The molecule has 0 N–H and O–H groups in total. The SMILES string of the molecule is O=c1oc(-c2ccc(F)cc2)nn1CCCc1ccccc1. The first-order valence-corrected chi connectivity index (χ1v) is 7.10. The third kappa shape index (κ3) is 3.31. The summed E-state index contributed by atoms with van der Waals surface area (Å²) in [5, 5.41) is 4.16. The van der Waals surface area contributed by atoms with Gasteiger partial charge in [-0.05, 0) is 42.7 Å². The summed E-state index contributed by atoms with van der Waals surface area (Å²) in [7, 11) is 0. The maximum Gasteiger partial charge on any atom is 0.437 e. The van der Waals surface area contributed by atoms with Crippen LogP contribution in [0, 0.1) is 5.82 Å². The molecule has 3 rings (SSSR count). The summed E-state index contributed by atoms with van der Waals surface area (Å²) in [6.07, 6.45) is 1.66. The fourth-order valence-electron chi connectivity index (χ4n) is 2.23. The summed E-state index contributed by atoms with van der Waals surface area (Å²) < 4.78 is 19.3. The van der Waals surface area contributed by atoms with Gasteiger partial charge in [-0.3, -0.25) is 0 Å². The highest BCUT2D eigenvalue weighted by atomic mass is 19.1. The van der Waals surface area contributed by atoms with Crippen LogP contribution in [0.25, 0.3) is 11.5 Å². The quantitative estimate of drug-likeness (QED) is 0.726. The molecule has 1 aromatic heterocycles. The number of halogens is 1. The molecule has 0 saturated carbocycles. The van der Waals surface area contributed by atoms with Gasteiger partial charge in [-0.15, -0.1) is 5.10 Å². The highest BCUT2D eigenvalue weighted by Crippen LogP contribution is 2.15. The van der Waals surface area contributed by atoms with Gasteiger partial charge >= 0.3 is 5.76 Å². The van der Waals surface area contributed by atoms with Crippen LogP contribution in [-0.4, -0.2) is 9.78 Å². The van der Waals surface area contributed by atoms with Gasteiger partial charge in [0.15, 0.2) is 0 Å². The topological polar surface area (TPSA) is 48.0 Å². The smallest absolute Gasteiger partial charge is 0.388 e. The molecule has 0 aliphatic heterocycles. The molecule has 0 amide bonds. The highest BCUT2D eigenvalue weighted by molar-refractivity contribution is 5.51. The van der Waals surface area contributed by atoms with E-state index in [1.54, 1.807) is 0 Å². The van der Waals surface area contributed by atoms with E-state index in [9.17, 15) is 9.18 Å². The van der Waals surface area contributed by atoms with E-state index in [1.807, 2.05) is 18.2 Å². The van der Waals surface area contributed by atoms with Gasteiger partial charge in [0, 0.05) is 12.1 Å². The van der Waals surface area contributed by atoms with Gasteiger partial charge in [0.05, 0.1) is 0 Å². The predicted molar refractivity (Wildman–Crippen MR) is 80.9 cm³/mol. The first-order chi connectivity index (χ1) is 10.7. The Balaban J connectivity index is 1.67. The Morgan fingerprint density at radius 1 is 1.05 bits per heavy atom. The van der Waals surface area contributed by atoms with Crippen LogP contribution >= 0.6 is 0 Å². The van der Waals surface area contributed by atoms with Crippen molar-refractivity contribution < 1.29 is 8.81 Å². The van der Waals surface area contributed by atoms with Crippen LogP contribution < -0.4 is 5.76 Å². The standard InChI is InChI=1S/C17H15FN2O2/c18-15-10-8-14(9-11-15)16-19-20(17(21)22-16)12-4-7-13-5-2-1-3-6-13/h1-3,5-6,8-11H,4,7,12H2. The lowest BCUT2D eigenvalue weighted by atomic mass is 10.1. The van der Waals surface area contributed by atoms with E-state index in [2.05, 4.69) is 17.2 Å². The van der Waals surface area contributed by atoms with Gasteiger partial charge < -0.3 is 4.42 Å². The van der Waals surface area contributed by atoms with Gasteiger partial charge in [0.25, 0.3) is 0 Å². The van der Waals surface area contributed by atoms with E-state index >= 15 is 0 Å². The largest absolute Gasteiger partial charge is 0.437 e. The third-order valence-corrected chi connectivity index (χ3v) is 3.38. The molecule has 0 radical (unpaired) electrons. The summed E-state index contributed by atoms with van der Waals surface area (Å²) in [6.45, 7) is 0.485. The minimum Gasteiger partial charge on any atom is -0.388 e. The Morgan fingerprint density at radius 2 is 1.77 bits per heavy atom. The van der Waals surface area contributed by atoms with Crippen molar-refractivity contribution in [2.75, 3.05) is 0 Å². The zero-order chi connectivity index (χ0) is 15.4. The van der Waals surface area contributed by atoms with E-state index in [-0.39, 0.29) is 11.7 Å². The van der Waals surface area contributed by atoms with Crippen molar-refractivity contribution in [1.29, 1.82) is 0 Å². The first kappa shape index (κ1) is 14.3. The van der Waals surface area contributed by atoms with Gasteiger partial charge in [-0.25, -0.2) is 9.18 Å². The number of aromatic nitrogens is 2. The fraction of sp³-hybridized carbons (Fsp3) is 0.176. The molecule has 2 aromatic carbocycles. The minimum absolute atomic E-state index is 0.213. The van der Waals surface area contributed by atoms with Crippen molar-refractivity contribution in [3.05, 3.63) is 76.5 Å². The van der Waals surface area contributed by atoms with Crippen molar-refractivity contribution in [1.82, 2.24) is 9.78 Å². The molecule has 22 heavy (non-hydrogen) atoms. The Hall–Kier alpha value is -2.69. The fourth-order valence-corrected chi connectivity index (χ4v) is 2.23. The molecular formula is C17H15FN2O2. The maximum atomic E-state index is 12.9. The molecule has 0 atom stereocenters. The molecule has 5 heteroatoms. The van der Waals surface area contributed by atoms with Crippen LogP contribution in [0.4, 0.5) is 4.39 Å². The molecule has 0 aliphatic carbocycles. The third-order valence-electron chi connectivity index (χ3n) is 3.38. The lowest BCUT2D eigenvalue weighted by molar-refractivity contribution is 0.473. The van der Waals surface area contributed by atoms with Crippen molar-refractivity contribution in [2.24, 2.45) is 0 Å². The average molecular weight is 298 g/mol. The second-order valence-electron chi connectivity index (χ2n) is 4.99. The molecule has 0 bridgehead atoms. The number of rotatable bonds is 5. The number of hydrogen-bond donors (Lipinski definition) is 0. The van der Waals surface area contributed by atoms with Crippen LogP contribution in [0.1, 0.15) is 12.0 Å². The monoisotopic (exact) mass is 298 g/mol. The van der Waals surface area contributed by atoms with E-state index in [1.165, 1.54) is 34.5 Å². The van der Waals surface area contributed by atoms with Crippen LogP contribution in [0.2, 0.25) is 0 Å². The van der Waals surface area contributed by atoms with Gasteiger partial charge in [-0.1, -0.05) is 30.3 Å². The molecule has 0 unspecified atom stereocenters. The number of benzene rings is 2. The Labute approximate surface area is 126 Å². The summed E-state index contributed by atoms with van der Waals surface area (Å²) in [5.41, 5.74) is 1.80. The van der Waals surface area contributed by atoms with Crippen LogP contribution in [-0.2, 0) is 13.0 Å².